The highest BCUT2D eigenvalue weighted by Gasteiger charge is 2.47. The molecule has 9 heavy (non-hydrogen) atoms. The molecule has 1 aliphatic rings. The second-order valence-corrected chi connectivity index (χ2v) is 2.46. The van der Waals surface area contributed by atoms with Gasteiger partial charge in [-0.05, 0) is 18.0 Å². The van der Waals surface area contributed by atoms with Gasteiger partial charge < -0.3 is 5.11 Å². The van der Waals surface area contributed by atoms with Crippen molar-refractivity contribution in [3.05, 3.63) is 0 Å². The number of aliphatic carboxylic acids is 1. The summed E-state index contributed by atoms with van der Waals surface area (Å²) in [5.74, 6) is -1.84. The summed E-state index contributed by atoms with van der Waals surface area (Å²) in [4.78, 5) is 20.3. The first-order valence-corrected chi connectivity index (χ1v) is 2.93. The minimum Gasteiger partial charge on any atom is -0.481 e. The molecule has 2 atom stereocenters. The quantitative estimate of drug-likeness (QED) is 0.580. The van der Waals surface area contributed by atoms with Crippen LogP contribution in [0.25, 0.3) is 0 Å². The van der Waals surface area contributed by atoms with E-state index in [0.29, 0.717) is 6.42 Å². The largest absolute Gasteiger partial charge is 0.481 e. The Morgan fingerprint density at radius 1 is 1.44 bits per heavy atom. The average Bonchev–Trinajstić information content (AvgIpc) is 2.39. The summed E-state index contributed by atoms with van der Waals surface area (Å²) in [6, 6.07) is 0. The van der Waals surface area contributed by atoms with E-state index in [-0.39, 0.29) is 0 Å². The third-order valence-corrected chi connectivity index (χ3v) is 1.68. The van der Waals surface area contributed by atoms with Crippen molar-refractivity contribution in [3.8, 4) is 0 Å². The molecule has 4 heteroatoms. The fraction of sp³-hybridized carbons (Fsp3) is 0.600. The van der Waals surface area contributed by atoms with Crippen LogP contribution in [-0.4, -0.2) is 16.3 Å². The zero-order valence-electron chi connectivity index (χ0n) is 4.50. The van der Waals surface area contributed by atoms with E-state index in [2.05, 4.69) is 0 Å². The van der Waals surface area contributed by atoms with Gasteiger partial charge in [0, 0.05) is 5.92 Å². The lowest BCUT2D eigenvalue weighted by Crippen LogP contribution is -2.02. The maximum atomic E-state index is 10.2. The van der Waals surface area contributed by atoms with E-state index in [1.165, 1.54) is 0 Å². The standard InChI is InChI=1S/C5H5ClO3/c6-4(7)2-1-3(2)5(8)9/h2-3H,1H2,(H,8,9)/t2-,3+/m0/s1. The summed E-state index contributed by atoms with van der Waals surface area (Å²) in [5, 5.41) is 7.74. The summed E-state index contributed by atoms with van der Waals surface area (Å²) in [7, 11) is 0. The smallest absolute Gasteiger partial charge is 0.307 e. The SMILES string of the molecule is O=C(Cl)[C@H]1C[C@H]1C(=O)O. The van der Waals surface area contributed by atoms with Crippen LogP contribution >= 0.6 is 11.6 Å². The van der Waals surface area contributed by atoms with Crippen LogP contribution in [0.1, 0.15) is 6.42 Å². The first-order valence-electron chi connectivity index (χ1n) is 2.55. The zero-order chi connectivity index (χ0) is 7.02. The maximum absolute atomic E-state index is 10.2. The molecule has 0 radical (unpaired) electrons. The molecule has 0 aromatic carbocycles. The van der Waals surface area contributed by atoms with Crippen molar-refractivity contribution in [1.82, 2.24) is 0 Å². The lowest BCUT2D eigenvalue weighted by atomic mass is 10.3. The predicted molar refractivity (Wildman–Crippen MR) is 30.1 cm³/mol. The van der Waals surface area contributed by atoms with E-state index in [4.69, 9.17) is 16.7 Å². The van der Waals surface area contributed by atoms with Gasteiger partial charge in [-0.1, -0.05) is 0 Å². The zero-order valence-corrected chi connectivity index (χ0v) is 5.26. The average molecular weight is 149 g/mol. The molecule has 1 saturated carbocycles. The molecule has 1 fully saturated rings. The Kier molecular flexibility index (Phi) is 1.45. The topological polar surface area (TPSA) is 54.4 Å². The monoisotopic (exact) mass is 148 g/mol. The number of halogens is 1. The molecule has 1 N–H and O–H groups in total. The third-order valence-electron chi connectivity index (χ3n) is 1.40. The van der Waals surface area contributed by atoms with Crippen LogP contribution in [0.15, 0.2) is 0 Å². The lowest BCUT2D eigenvalue weighted by Gasteiger charge is -1.83. The van der Waals surface area contributed by atoms with Gasteiger partial charge in [-0.2, -0.15) is 0 Å². The van der Waals surface area contributed by atoms with E-state index in [0.717, 1.165) is 0 Å². The highest BCUT2D eigenvalue weighted by atomic mass is 35.5. The molecule has 0 saturated heterocycles. The fourth-order valence-corrected chi connectivity index (χ4v) is 0.960. The van der Waals surface area contributed by atoms with Crippen molar-refractivity contribution in [1.29, 1.82) is 0 Å². The van der Waals surface area contributed by atoms with E-state index in [9.17, 15) is 9.59 Å². The van der Waals surface area contributed by atoms with Gasteiger partial charge in [0.25, 0.3) is 0 Å². The summed E-state index contributed by atoms with van der Waals surface area (Å²) in [6.07, 6.45) is 0.414. The number of carboxylic acid groups (broad SMARTS) is 1. The summed E-state index contributed by atoms with van der Waals surface area (Å²) in [5.41, 5.74) is 0. The van der Waals surface area contributed by atoms with Gasteiger partial charge in [-0.25, -0.2) is 0 Å². The van der Waals surface area contributed by atoms with Gasteiger partial charge in [-0.3, -0.25) is 9.59 Å². The number of rotatable bonds is 2. The highest BCUT2D eigenvalue weighted by Crippen LogP contribution is 2.40. The second-order valence-electron chi connectivity index (χ2n) is 2.09. The van der Waals surface area contributed by atoms with Gasteiger partial charge in [0.1, 0.15) is 0 Å². The van der Waals surface area contributed by atoms with Crippen LogP contribution in [0.5, 0.6) is 0 Å². The molecule has 50 valence electrons. The van der Waals surface area contributed by atoms with Gasteiger partial charge in [0.15, 0.2) is 0 Å². The Morgan fingerprint density at radius 3 is 2.11 bits per heavy atom. The van der Waals surface area contributed by atoms with Crippen molar-refractivity contribution < 1.29 is 14.7 Å². The molecule has 0 heterocycles. The van der Waals surface area contributed by atoms with Gasteiger partial charge in [-0.15, -0.1) is 0 Å². The molecule has 0 spiro atoms. The van der Waals surface area contributed by atoms with Crippen LogP contribution in [-0.2, 0) is 9.59 Å². The van der Waals surface area contributed by atoms with Crippen LogP contribution in [0.4, 0.5) is 0 Å². The summed E-state index contributed by atoms with van der Waals surface area (Å²) < 4.78 is 0. The Bertz CT molecular complexity index is 148. The molecule has 0 amide bonds. The Labute approximate surface area is 56.6 Å². The normalized spacial score (nSPS) is 31.7. The first-order chi connectivity index (χ1) is 4.13. The highest BCUT2D eigenvalue weighted by molar-refractivity contribution is 6.64. The van der Waals surface area contributed by atoms with Crippen LogP contribution in [0, 0.1) is 11.8 Å². The number of carbonyl (C=O) groups is 2. The van der Waals surface area contributed by atoms with Crippen LogP contribution in [0.2, 0.25) is 0 Å². The molecule has 0 aromatic rings. The van der Waals surface area contributed by atoms with Gasteiger partial charge in [0.2, 0.25) is 5.24 Å². The molecular weight excluding hydrogens is 144 g/mol. The van der Waals surface area contributed by atoms with E-state index < -0.39 is 23.0 Å². The summed E-state index contributed by atoms with van der Waals surface area (Å²) >= 11 is 5.01. The van der Waals surface area contributed by atoms with Crippen molar-refractivity contribution in [2.24, 2.45) is 11.8 Å². The van der Waals surface area contributed by atoms with Crippen molar-refractivity contribution in [2.45, 2.75) is 6.42 Å². The summed E-state index contributed by atoms with van der Waals surface area (Å²) in [6.45, 7) is 0. The Morgan fingerprint density at radius 2 is 2.00 bits per heavy atom. The molecule has 1 rings (SSSR count). The molecule has 3 nitrogen and oxygen atoms in total. The maximum Gasteiger partial charge on any atom is 0.307 e. The number of hydrogen-bond acceptors (Lipinski definition) is 2. The van der Waals surface area contributed by atoms with E-state index in [1.807, 2.05) is 0 Å². The molecule has 1 aliphatic carbocycles. The van der Waals surface area contributed by atoms with Crippen molar-refractivity contribution in [3.63, 3.8) is 0 Å². The molecular formula is C5H5ClO3. The first kappa shape index (κ1) is 6.55. The third kappa shape index (κ3) is 1.21. The van der Waals surface area contributed by atoms with E-state index >= 15 is 0 Å². The number of carbonyl (C=O) groups excluding carboxylic acids is 1. The van der Waals surface area contributed by atoms with Crippen molar-refractivity contribution >= 4 is 22.8 Å². The molecule has 0 aliphatic heterocycles. The van der Waals surface area contributed by atoms with Gasteiger partial charge >= 0.3 is 5.97 Å². The predicted octanol–water partition coefficient (Wildman–Crippen LogP) is 0.472. The Balaban J connectivity index is 2.42. The minimum absolute atomic E-state index is 0.413. The van der Waals surface area contributed by atoms with Crippen LogP contribution in [0.3, 0.4) is 0 Å². The second kappa shape index (κ2) is 1.99. The minimum atomic E-state index is -0.922. The van der Waals surface area contributed by atoms with Gasteiger partial charge in [0.05, 0.1) is 5.92 Å². The molecule has 0 unspecified atom stereocenters. The number of carboxylic acids is 1. The molecule has 0 aromatic heterocycles. The fourth-order valence-electron chi connectivity index (χ4n) is 0.719. The number of hydrogen-bond donors (Lipinski definition) is 1. The van der Waals surface area contributed by atoms with E-state index in [1.54, 1.807) is 0 Å². The van der Waals surface area contributed by atoms with Crippen LogP contribution < -0.4 is 0 Å². The Hall–Kier alpha value is -0.570. The van der Waals surface area contributed by atoms with Crippen molar-refractivity contribution in [2.75, 3.05) is 0 Å². The molecule has 0 bridgehead atoms. The lowest BCUT2D eigenvalue weighted by molar-refractivity contribution is -0.139.